The Hall–Kier alpha value is -1.38. The summed E-state index contributed by atoms with van der Waals surface area (Å²) < 4.78 is 1.75. The quantitative estimate of drug-likeness (QED) is 0.701. The van der Waals surface area contributed by atoms with Gasteiger partial charge in [0.2, 0.25) is 0 Å². The van der Waals surface area contributed by atoms with E-state index >= 15 is 0 Å². The van der Waals surface area contributed by atoms with E-state index in [1.54, 1.807) is 17.1 Å². The third-order valence-electron chi connectivity index (χ3n) is 10.5. The minimum atomic E-state index is -0.826. The minimum Gasteiger partial charge on any atom is -0.390 e. The fourth-order valence-electron chi connectivity index (χ4n) is 9.29. The lowest BCUT2D eigenvalue weighted by Crippen LogP contribution is -2.52. The lowest BCUT2D eigenvalue weighted by Gasteiger charge is -2.56. The minimum absolute atomic E-state index is 0.180. The van der Waals surface area contributed by atoms with Gasteiger partial charge in [-0.3, -0.25) is 4.68 Å². The van der Waals surface area contributed by atoms with E-state index in [9.17, 15) is 10.2 Å². The molecule has 4 fully saturated rings. The van der Waals surface area contributed by atoms with Gasteiger partial charge in [0, 0.05) is 6.20 Å². The predicted octanol–water partition coefficient (Wildman–Crippen LogP) is 4.92. The number of aliphatic hydroxyl groups is 2. The van der Waals surface area contributed by atoms with Gasteiger partial charge in [0.15, 0.2) is 0 Å². The molecular formula is C27H41N3O2. The van der Waals surface area contributed by atoms with E-state index in [2.05, 4.69) is 25.0 Å². The monoisotopic (exact) mass is 439 g/mol. The normalized spacial score (nSPS) is 45.6. The number of fused-ring (bicyclic) bond motifs is 5. The molecule has 0 radical (unpaired) electrons. The molecule has 0 unspecified atom stereocenters. The average molecular weight is 440 g/mol. The molecule has 4 saturated carbocycles. The van der Waals surface area contributed by atoms with Crippen molar-refractivity contribution in [2.75, 3.05) is 0 Å². The predicted molar refractivity (Wildman–Crippen MR) is 123 cm³/mol. The SMILES string of the molecule is C[C@@]1(O)CCC[C@H]2[C@H](CC[C@@H]3[C@@H]2CC[C@@]2(C)[C@H]3CC[C@@H]2[C@](C)(O)Cn2cc(C#N)cn2)C1. The molecule has 2 N–H and O–H groups in total. The standard InChI is InChI=1S/C27H41N3O2/c1-25(31)11-4-5-20-19(13-25)6-7-22-21(20)10-12-26(2)23(22)8-9-24(26)27(3,32)17-30-16-18(14-28)15-29-30/h15-16,19-24,31-32H,4-13,17H2,1-3H3/t19-,20+,21-,22-,23+,24+,25-,26+,27-/m1/s1. The topological polar surface area (TPSA) is 82.1 Å². The Kier molecular flexibility index (Phi) is 5.49. The highest BCUT2D eigenvalue weighted by Crippen LogP contribution is 2.65. The number of nitriles is 1. The first-order valence-electron chi connectivity index (χ1n) is 13.0. The van der Waals surface area contributed by atoms with Gasteiger partial charge in [0.1, 0.15) is 6.07 Å². The molecule has 5 nitrogen and oxygen atoms in total. The Balaban J connectivity index is 1.34. The van der Waals surface area contributed by atoms with Crippen molar-refractivity contribution in [3.05, 3.63) is 18.0 Å². The Morgan fingerprint density at radius 1 is 1.12 bits per heavy atom. The maximum atomic E-state index is 11.7. The first kappa shape index (κ1) is 22.4. The third-order valence-corrected chi connectivity index (χ3v) is 10.5. The van der Waals surface area contributed by atoms with Crippen molar-refractivity contribution in [2.24, 2.45) is 40.9 Å². The smallest absolute Gasteiger partial charge is 0.102 e. The molecule has 0 saturated heterocycles. The summed E-state index contributed by atoms with van der Waals surface area (Å²) in [6, 6.07) is 2.14. The first-order chi connectivity index (χ1) is 15.1. The molecular weight excluding hydrogens is 398 g/mol. The summed E-state index contributed by atoms with van der Waals surface area (Å²) in [7, 11) is 0. The summed E-state index contributed by atoms with van der Waals surface area (Å²) in [5, 5.41) is 35.9. The van der Waals surface area contributed by atoms with Crippen LogP contribution in [0.2, 0.25) is 0 Å². The number of hydrogen-bond acceptors (Lipinski definition) is 4. The van der Waals surface area contributed by atoms with Crippen LogP contribution in [-0.4, -0.2) is 31.2 Å². The second kappa shape index (κ2) is 7.84. The molecule has 0 aromatic carbocycles. The van der Waals surface area contributed by atoms with Crippen molar-refractivity contribution in [2.45, 2.75) is 103 Å². The van der Waals surface area contributed by atoms with Crippen LogP contribution in [0.3, 0.4) is 0 Å². The summed E-state index contributed by atoms with van der Waals surface area (Å²) in [6.45, 7) is 6.97. The highest BCUT2D eigenvalue weighted by molar-refractivity contribution is 5.21. The Morgan fingerprint density at radius 2 is 1.94 bits per heavy atom. The fourth-order valence-corrected chi connectivity index (χ4v) is 9.29. The Morgan fingerprint density at radius 3 is 2.69 bits per heavy atom. The summed E-state index contributed by atoms with van der Waals surface area (Å²) in [4.78, 5) is 0. The van der Waals surface area contributed by atoms with Crippen molar-refractivity contribution >= 4 is 0 Å². The van der Waals surface area contributed by atoms with Gasteiger partial charge < -0.3 is 10.2 Å². The average Bonchev–Trinajstić information content (AvgIpc) is 3.27. The van der Waals surface area contributed by atoms with E-state index in [1.165, 1.54) is 44.9 Å². The molecule has 0 spiro atoms. The van der Waals surface area contributed by atoms with Crippen molar-refractivity contribution < 1.29 is 10.2 Å². The van der Waals surface area contributed by atoms with Crippen LogP contribution in [0.4, 0.5) is 0 Å². The second-order valence-electron chi connectivity index (χ2n) is 12.6. The lowest BCUT2D eigenvalue weighted by atomic mass is 9.49. The van der Waals surface area contributed by atoms with Crippen LogP contribution in [0.5, 0.6) is 0 Å². The molecule has 1 heterocycles. The Bertz CT molecular complexity index is 884. The van der Waals surface area contributed by atoms with Gasteiger partial charge in [-0.25, -0.2) is 0 Å². The van der Waals surface area contributed by atoms with E-state index in [1.807, 2.05) is 6.92 Å². The van der Waals surface area contributed by atoms with E-state index in [0.717, 1.165) is 37.0 Å². The number of nitrogens with zero attached hydrogens (tertiary/aromatic N) is 3. The van der Waals surface area contributed by atoms with Crippen molar-refractivity contribution in [3.63, 3.8) is 0 Å². The second-order valence-corrected chi connectivity index (χ2v) is 12.6. The molecule has 1 aromatic heterocycles. The summed E-state index contributed by atoms with van der Waals surface area (Å²) >= 11 is 0. The Labute approximate surface area is 193 Å². The first-order valence-corrected chi connectivity index (χ1v) is 13.0. The molecule has 1 aromatic rings. The highest BCUT2D eigenvalue weighted by atomic mass is 16.3. The van der Waals surface area contributed by atoms with Crippen LogP contribution in [0.15, 0.2) is 12.4 Å². The number of hydrogen-bond donors (Lipinski definition) is 2. The van der Waals surface area contributed by atoms with Crippen LogP contribution >= 0.6 is 0 Å². The summed E-state index contributed by atoms with van der Waals surface area (Å²) in [5.74, 6) is 4.06. The zero-order valence-electron chi connectivity index (χ0n) is 20.1. The molecule has 176 valence electrons. The molecule has 4 aliphatic rings. The van der Waals surface area contributed by atoms with Gasteiger partial charge in [-0.05, 0) is 113 Å². The van der Waals surface area contributed by atoms with E-state index in [4.69, 9.17) is 5.26 Å². The molecule has 5 rings (SSSR count). The van der Waals surface area contributed by atoms with E-state index < -0.39 is 11.2 Å². The molecule has 9 atom stereocenters. The van der Waals surface area contributed by atoms with Gasteiger partial charge in [-0.1, -0.05) is 13.3 Å². The van der Waals surface area contributed by atoms with Crippen LogP contribution in [-0.2, 0) is 6.54 Å². The van der Waals surface area contributed by atoms with Crippen LogP contribution in [0, 0.1) is 52.3 Å². The van der Waals surface area contributed by atoms with Gasteiger partial charge in [0.05, 0.1) is 29.5 Å². The lowest BCUT2D eigenvalue weighted by molar-refractivity contribution is -0.113. The van der Waals surface area contributed by atoms with Gasteiger partial charge in [-0.2, -0.15) is 10.4 Å². The van der Waals surface area contributed by atoms with Gasteiger partial charge >= 0.3 is 0 Å². The van der Waals surface area contributed by atoms with Crippen molar-refractivity contribution in [1.82, 2.24) is 9.78 Å². The highest BCUT2D eigenvalue weighted by Gasteiger charge is 2.60. The number of aromatic nitrogens is 2. The third kappa shape index (κ3) is 3.72. The summed E-state index contributed by atoms with van der Waals surface area (Å²) in [5.41, 5.74) is -0.563. The molecule has 5 heteroatoms. The van der Waals surface area contributed by atoms with E-state index in [-0.39, 0.29) is 11.3 Å². The van der Waals surface area contributed by atoms with Crippen molar-refractivity contribution in [1.29, 1.82) is 5.26 Å². The molecule has 32 heavy (non-hydrogen) atoms. The maximum absolute atomic E-state index is 11.7. The molecule has 0 amide bonds. The van der Waals surface area contributed by atoms with Crippen LogP contribution in [0.25, 0.3) is 0 Å². The molecule has 0 aliphatic heterocycles. The van der Waals surface area contributed by atoms with Crippen molar-refractivity contribution in [3.8, 4) is 6.07 Å². The maximum Gasteiger partial charge on any atom is 0.102 e. The summed E-state index contributed by atoms with van der Waals surface area (Å²) in [6.07, 6.45) is 15.2. The van der Waals surface area contributed by atoms with Crippen LogP contribution in [0.1, 0.15) is 90.5 Å². The van der Waals surface area contributed by atoms with E-state index in [0.29, 0.717) is 23.9 Å². The number of rotatable bonds is 3. The zero-order valence-corrected chi connectivity index (χ0v) is 20.1. The zero-order chi connectivity index (χ0) is 22.7. The van der Waals surface area contributed by atoms with Gasteiger partial charge in [0.25, 0.3) is 0 Å². The fraction of sp³-hybridized carbons (Fsp3) is 0.852. The van der Waals surface area contributed by atoms with Crippen LogP contribution < -0.4 is 0 Å². The molecule has 4 aliphatic carbocycles. The van der Waals surface area contributed by atoms with Gasteiger partial charge in [-0.15, -0.1) is 0 Å². The largest absolute Gasteiger partial charge is 0.390 e. The molecule has 0 bridgehead atoms.